The first-order valence-corrected chi connectivity index (χ1v) is 19.2. The molecule has 0 radical (unpaired) electrons. The Balaban J connectivity index is 1.25. The molecule has 2 aromatic carbocycles. The molecule has 0 heterocycles. The summed E-state index contributed by atoms with van der Waals surface area (Å²) >= 11 is 0. The average molecular weight is 631 g/mol. The van der Waals surface area contributed by atoms with Crippen LogP contribution in [0.3, 0.4) is 0 Å². The topological polar surface area (TPSA) is 69.9 Å². The number of aliphatic hydroxyl groups is 1. The molecule has 5 saturated carbocycles. The van der Waals surface area contributed by atoms with Crippen molar-refractivity contribution < 1.29 is 20.1 Å². The highest BCUT2D eigenvalue weighted by atomic mass is 16.5. The maximum atomic E-state index is 11.1. The first-order chi connectivity index (χ1) is 22.3. The first-order valence-electron chi connectivity index (χ1n) is 19.2. The van der Waals surface area contributed by atoms with Crippen molar-refractivity contribution in [2.75, 3.05) is 0 Å². The number of hydrogen-bond acceptors (Lipinski definition) is 4. The largest absolute Gasteiger partial charge is 0.508 e. The van der Waals surface area contributed by atoms with Crippen LogP contribution in [0.1, 0.15) is 153 Å². The fourth-order valence-electron chi connectivity index (χ4n) is 11.2. The average Bonchev–Trinajstić information content (AvgIpc) is 3.02. The molecule has 0 spiro atoms. The summed E-state index contributed by atoms with van der Waals surface area (Å²) < 4.78 is 7.56. The van der Waals surface area contributed by atoms with E-state index in [4.69, 9.17) is 4.74 Å². The predicted octanol–water partition coefficient (Wildman–Crippen LogP) is 10.6. The van der Waals surface area contributed by atoms with Gasteiger partial charge in [0.05, 0.1) is 18.3 Å². The lowest BCUT2D eigenvalue weighted by Gasteiger charge is -2.64. The molecule has 7 atom stereocenters. The molecule has 0 aliphatic heterocycles. The van der Waals surface area contributed by atoms with Crippen LogP contribution in [0.15, 0.2) is 48.5 Å². The van der Waals surface area contributed by atoms with E-state index in [1.165, 1.54) is 88.2 Å². The zero-order chi connectivity index (χ0) is 32.1. The maximum Gasteiger partial charge on any atom is 0.115 e. The molecule has 5 aliphatic carbocycles. The quantitative estimate of drug-likeness (QED) is 0.161. The molecule has 254 valence electrons. The molecule has 5 fully saturated rings. The van der Waals surface area contributed by atoms with Gasteiger partial charge in [-0.25, -0.2) is 0 Å². The van der Waals surface area contributed by atoms with E-state index >= 15 is 0 Å². The zero-order valence-corrected chi connectivity index (χ0v) is 28.8. The number of phenolic OH excluding ortho intramolecular Hbond substituents is 2. The Morgan fingerprint density at radius 1 is 0.761 bits per heavy atom. The summed E-state index contributed by atoms with van der Waals surface area (Å²) in [5, 5.41) is 31.5. The van der Waals surface area contributed by atoms with Gasteiger partial charge in [-0.05, 0) is 147 Å². The summed E-state index contributed by atoms with van der Waals surface area (Å²) in [7, 11) is 0. The summed E-state index contributed by atoms with van der Waals surface area (Å²) in [5.74, 6) is 3.04. The van der Waals surface area contributed by atoms with Crippen LogP contribution in [-0.4, -0.2) is 33.6 Å². The highest BCUT2D eigenvalue weighted by molar-refractivity contribution is 5.35. The number of aromatic hydroxyl groups is 2. The van der Waals surface area contributed by atoms with Crippen LogP contribution < -0.4 is 0 Å². The van der Waals surface area contributed by atoms with Crippen LogP contribution in [0.5, 0.6) is 11.5 Å². The van der Waals surface area contributed by atoms with Crippen molar-refractivity contribution in [3.8, 4) is 11.5 Å². The molecule has 7 rings (SSSR count). The Morgan fingerprint density at radius 2 is 1.48 bits per heavy atom. The first kappa shape index (κ1) is 33.8. The van der Waals surface area contributed by atoms with Crippen molar-refractivity contribution in [2.24, 2.45) is 23.2 Å². The second-order valence-electron chi connectivity index (χ2n) is 16.5. The van der Waals surface area contributed by atoms with Gasteiger partial charge in [0.2, 0.25) is 0 Å². The lowest BCUT2D eigenvalue weighted by molar-refractivity contribution is -0.178. The Morgan fingerprint density at radius 3 is 2.20 bits per heavy atom. The van der Waals surface area contributed by atoms with Gasteiger partial charge in [0, 0.05) is 0 Å². The van der Waals surface area contributed by atoms with E-state index in [1.807, 2.05) is 24.3 Å². The molecule has 5 aliphatic rings. The smallest absolute Gasteiger partial charge is 0.115 e. The standard InChI is InChI=1S/C42H62O4/c1-3-5-7-9-14-40(42-27-31-19-32(28-42)26-41(25-31,29-42)35-15-17-36(43)18-16-35)46-39-22-30(21-37(44)12-8-6-4-2)20-34(24-39)33-11-10-13-38(45)23-33/h10-11,13,15-18,23,30-32,34,37,39-40,43-45H,3-9,12,14,19-22,24-29H2,1-2H3/t30?,31?,32?,34?,37?,39?,40-,41?,42?/m0/s1. The molecule has 6 unspecified atom stereocenters. The predicted molar refractivity (Wildman–Crippen MR) is 187 cm³/mol. The minimum atomic E-state index is -0.238. The van der Waals surface area contributed by atoms with E-state index in [2.05, 4.69) is 32.0 Å². The molecule has 0 amide bonds. The van der Waals surface area contributed by atoms with Crippen molar-refractivity contribution in [1.82, 2.24) is 0 Å². The Labute approximate surface area is 279 Å². The third kappa shape index (κ3) is 7.81. The van der Waals surface area contributed by atoms with Gasteiger partial charge in [-0.15, -0.1) is 0 Å². The van der Waals surface area contributed by atoms with E-state index in [0.29, 0.717) is 23.3 Å². The molecule has 46 heavy (non-hydrogen) atoms. The van der Waals surface area contributed by atoms with Crippen LogP contribution in [0, 0.1) is 23.2 Å². The third-order valence-electron chi connectivity index (χ3n) is 12.8. The fraction of sp³-hybridized carbons (Fsp3) is 0.714. The van der Waals surface area contributed by atoms with Gasteiger partial charge in [-0.2, -0.15) is 0 Å². The van der Waals surface area contributed by atoms with Gasteiger partial charge in [0.1, 0.15) is 11.5 Å². The lowest BCUT2D eigenvalue weighted by atomic mass is 9.41. The number of aliphatic hydroxyl groups excluding tert-OH is 1. The fourth-order valence-corrected chi connectivity index (χ4v) is 11.2. The zero-order valence-electron chi connectivity index (χ0n) is 28.8. The molecule has 2 aromatic rings. The van der Waals surface area contributed by atoms with Crippen LogP contribution in [0.25, 0.3) is 0 Å². The van der Waals surface area contributed by atoms with E-state index in [9.17, 15) is 15.3 Å². The Bertz CT molecular complexity index is 1220. The molecule has 4 bridgehead atoms. The maximum absolute atomic E-state index is 11.1. The van der Waals surface area contributed by atoms with Crippen LogP contribution >= 0.6 is 0 Å². The van der Waals surface area contributed by atoms with Crippen molar-refractivity contribution in [3.05, 3.63) is 59.7 Å². The van der Waals surface area contributed by atoms with E-state index in [0.717, 1.165) is 56.8 Å². The Hall–Kier alpha value is -2.04. The van der Waals surface area contributed by atoms with Gasteiger partial charge in [0.25, 0.3) is 0 Å². The molecule has 4 heteroatoms. The summed E-state index contributed by atoms with van der Waals surface area (Å²) in [6.45, 7) is 4.53. The van der Waals surface area contributed by atoms with Gasteiger partial charge in [-0.1, -0.05) is 83.1 Å². The van der Waals surface area contributed by atoms with Gasteiger partial charge in [-0.3, -0.25) is 0 Å². The number of unbranched alkanes of at least 4 members (excludes halogenated alkanes) is 5. The number of benzene rings is 2. The van der Waals surface area contributed by atoms with Crippen molar-refractivity contribution in [2.45, 2.75) is 165 Å². The van der Waals surface area contributed by atoms with Gasteiger partial charge < -0.3 is 20.1 Å². The van der Waals surface area contributed by atoms with Crippen LogP contribution in [0.2, 0.25) is 0 Å². The molecule has 0 aromatic heterocycles. The van der Waals surface area contributed by atoms with Crippen LogP contribution in [0.4, 0.5) is 0 Å². The van der Waals surface area contributed by atoms with E-state index < -0.39 is 0 Å². The second-order valence-corrected chi connectivity index (χ2v) is 16.5. The minimum absolute atomic E-state index is 0.183. The Kier molecular flexibility index (Phi) is 11.1. The summed E-state index contributed by atoms with van der Waals surface area (Å²) in [6.07, 6.45) is 22.6. The summed E-state index contributed by atoms with van der Waals surface area (Å²) in [4.78, 5) is 0. The molecule has 4 nitrogen and oxygen atoms in total. The number of phenols is 2. The van der Waals surface area contributed by atoms with E-state index in [1.54, 1.807) is 6.07 Å². The van der Waals surface area contributed by atoms with E-state index in [-0.39, 0.29) is 29.1 Å². The molecular formula is C42H62O4. The summed E-state index contributed by atoms with van der Waals surface area (Å²) in [5.41, 5.74) is 3.10. The number of hydrogen-bond donors (Lipinski definition) is 3. The van der Waals surface area contributed by atoms with Crippen molar-refractivity contribution in [3.63, 3.8) is 0 Å². The third-order valence-corrected chi connectivity index (χ3v) is 12.8. The van der Waals surface area contributed by atoms with Crippen LogP contribution in [-0.2, 0) is 10.2 Å². The summed E-state index contributed by atoms with van der Waals surface area (Å²) in [6, 6.07) is 16.1. The van der Waals surface area contributed by atoms with Crippen molar-refractivity contribution in [1.29, 1.82) is 0 Å². The molecule has 0 saturated heterocycles. The second kappa shape index (κ2) is 15.0. The van der Waals surface area contributed by atoms with Gasteiger partial charge in [0.15, 0.2) is 0 Å². The molecule has 3 N–H and O–H groups in total. The van der Waals surface area contributed by atoms with Gasteiger partial charge >= 0.3 is 0 Å². The SMILES string of the molecule is CCCCCC[C@H](OC1CC(CC(O)CCCCC)CC(c2cccc(O)c2)C1)C12CC3CC(CC(c4ccc(O)cc4)(C3)C1)C2. The molecular weight excluding hydrogens is 568 g/mol. The van der Waals surface area contributed by atoms with Crippen molar-refractivity contribution >= 4 is 0 Å². The number of rotatable bonds is 16. The highest BCUT2D eigenvalue weighted by Gasteiger charge is 2.61. The highest BCUT2D eigenvalue weighted by Crippen LogP contribution is 2.67. The minimum Gasteiger partial charge on any atom is -0.508 e. The lowest BCUT2D eigenvalue weighted by Crippen LogP contribution is -2.58. The monoisotopic (exact) mass is 630 g/mol. The normalized spacial score (nSPS) is 33.2. The number of ether oxygens (including phenoxy) is 1.